The fourth-order valence-corrected chi connectivity index (χ4v) is 3.66. The Hall–Kier alpha value is -3.80. The Balaban J connectivity index is 1.45. The van der Waals surface area contributed by atoms with Gasteiger partial charge in [-0.15, -0.1) is 0 Å². The van der Waals surface area contributed by atoms with E-state index in [-0.39, 0.29) is 11.9 Å². The first-order chi connectivity index (χ1) is 15.2. The number of nitrogens with one attached hydrogen (secondary N) is 1. The maximum absolute atomic E-state index is 12.8. The number of nitrogens with zero attached hydrogens (tertiary/aromatic N) is 1. The lowest BCUT2D eigenvalue weighted by atomic mass is 9.98. The molecule has 1 amide bonds. The summed E-state index contributed by atoms with van der Waals surface area (Å²) < 4.78 is 12.1. The molecular formula is C25H24N2O4. The van der Waals surface area contributed by atoms with Crippen molar-refractivity contribution in [2.45, 2.75) is 25.4 Å². The van der Waals surface area contributed by atoms with Crippen molar-refractivity contribution in [2.75, 3.05) is 7.11 Å². The summed E-state index contributed by atoms with van der Waals surface area (Å²) in [5.74, 6) is 0.284. The van der Waals surface area contributed by atoms with Crippen LogP contribution in [0.1, 0.15) is 30.0 Å². The van der Waals surface area contributed by atoms with Crippen molar-refractivity contribution in [3.63, 3.8) is 0 Å². The minimum Gasteiger partial charge on any atom is -0.497 e. The predicted molar refractivity (Wildman–Crippen MR) is 119 cm³/mol. The van der Waals surface area contributed by atoms with Gasteiger partial charge >= 0.3 is 5.76 Å². The molecule has 1 atom stereocenters. The van der Waals surface area contributed by atoms with E-state index in [0.29, 0.717) is 25.0 Å². The Morgan fingerprint density at radius 3 is 2.39 bits per heavy atom. The van der Waals surface area contributed by atoms with Crippen LogP contribution >= 0.6 is 0 Å². The number of oxazole rings is 1. The zero-order valence-electron chi connectivity index (χ0n) is 17.3. The van der Waals surface area contributed by atoms with E-state index in [4.69, 9.17) is 9.15 Å². The molecule has 0 saturated carbocycles. The Labute approximate surface area is 180 Å². The average molecular weight is 416 g/mol. The fourth-order valence-electron chi connectivity index (χ4n) is 3.66. The molecule has 3 aromatic carbocycles. The monoisotopic (exact) mass is 416 g/mol. The number of rotatable bonds is 8. The standard InChI is InChI=1S/C25H24N2O4/c1-30-20-15-13-19(14-16-20)24(18-8-3-2-4-9-18)26-23(28)12-7-17-27-21-10-5-6-11-22(21)31-25(27)29/h2-6,8-11,13-16,24H,7,12,17H2,1H3,(H,26,28)/t24-/m1/s1. The molecule has 0 spiro atoms. The van der Waals surface area contributed by atoms with Crippen molar-refractivity contribution in [1.29, 1.82) is 0 Å². The van der Waals surface area contributed by atoms with Crippen LogP contribution in [0.4, 0.5) is 0 Å². The molecule has 1 heterocycles. The van der Waals surface area contributed by atoms with E-state index in [9.17, 15) is 9.59 Å². The van der Waals surface area contributed by atoms with E-state index in [1.807, 2.05) is 72.8 Å². The number of benzene rings is 3. The molecule has 0 bridgehead atoms. The van der Waals surface area contributed by atoms with Crippen LogP contribution in [0.2, 0.25) is 0 Å². The number of aromatic nitrogens is 1. The lowest BCUT2D eigenvalue weighted by Crippen LogP contribution is -2.29. The van der Waals surface area contributed by atoms with Gasteiger partial charge in [-0.2, -0.15) is 0 Å². The number of aryl methyl sites for hydroxylation is 1. The minimum absolute atomic E-state index is 0.0782. The van der Waals surface area contributed by atoms with Gasteiger partial charge in [-0.25, -0.2) is 4.79 Å². The van der Waals surface area contributed by atoms with E-state index in [0.717, 1.165) is 22.4 Å². The molecule has 0 aliphatic heterocycles. The van der Waals surface area contributed by atoms with Gasteiger partial charge in [-0.1, -0.05) is 54.6 Å². The predicted octanol–water partition coefficient (Wildman–Crippen LogP) is 4.29. The highest BCUT2D eigenvalue weighted by atomic mass is 16.5. The highest BCUT2D eigenvalue weighted by Gasteiger charge is 2.17. The van der Waals surface area contributed by atoms with E-state index in [2.05, 4.69) is 5.32 Å². The molecule has 1 aromatic heterocycles. The van der Waals surface area contributed by atoms with Crippen molar-refractivity contribution in [1.82, 2.24) is 9.88 Å². The normalized spacial score (nSPS) is 11.9. The van der Waals surface area contributed by atoms with Gasteiger partial charge in [0.25, 0.3) is 0 Å². The summed E-state index contributed by atoms with van der Waals surface area (Å²) >= 11 is 0. The summed E-state index contributed by atoms with van der Waals surface area (Å²) in [7, 11) is 1.63. The van der Waals surface area contributed by atoms with Crippen LogP contribution in [0.5, 0.6) is 5.75 Å². The zero-order chi connectivity index (χ0) is 21.6. The molecule has 4 aromatic rings. The van der Waals surface area contributed by atoms with E-state index < -0.39 is 5.76 Å². The van der Waals surface area contributed by atoms with Crippen molar-refractivity contribution < 1.29 is 13.9 Å². The Bertz CT molecular complexity index is 1210. The lowest BCUT2D eigenvalue weighted by molar-refractivity contribution is -0.121. The number of hydrogen-bond donors (Lipinski definition) is 1. The van der Waals surface area contributed by atoms with Crippen LogP contribution in [-0.2, 0) is 11.3 Å². The highest BCUT2D eigenvalue weighted by Crippen LogP contribution is 2.24. The number of carbonyl (C=O) groups is 1. The van der Waals surface area contributed by atoms with Gasteiger partial charge in [0.05, 0.1) is 18.7 Å². The molecule has 0 aliphatic rings. The summed E-state index contributed by atoms with van der Waals surface area (Å²) in [5.41, 5.74) is 3.27. The summed E-state index contributed by atoms with van der Waals surface area (Å²) in [5, 5.41) is 3.13. The molecule has 158 valence electrons. The summed E-state index contributed by atoms with van der Waals surface area (Å²) in [6, 6.07) is 24.5. The number of methoxy groups -OCH3 is 1. The second-order valence-corrected chi connectivity index (χ2v) is 7.28. The van der Waals surface area contributed by atoms with Gasteiger partial charge in [0.2, 0.25) is 5.91 Å². The number of fused-ring (bicyclic) bond motifs is 1. The van der Waals surface area contributed by atoms with E-state index in [1.165, 1.54) is 0 Å². The lowest BCUT2D eigenvalue weighted by Gasteiger charge is -2.20. The van der Waals surface area contributed by atoms with Crippen LogP contribution in [0.15, 0.2) is 88.1 Å². The SMILES string of the molecule is COc1ccc([C@H](NC(=O)CCCn2c(=O)oc3ccccc32)c2ccccc2)cc1. The van der Waals surface area contributed by atoms with Crippen LogP contribution in [-0.4, -0.2) is 17.6 Å². The van der Waals surface area contributed by atoms with Crippen molar-refractivity contribution in [3.05, 3.63) is 101 Å². The Kier molecular flexibility index (Phi) is 6.17. The van der Waals surface area contributed by atoms with E-state index >= 15 is 0 Å². The van der Waals surface area contributed by atoms with Crippen LogP contribution < -0.4 is 15.8 Å². The molecule has 1 N–H and O–H groups in total. The third kappa shape index (κ3) is 4.69. The van der Waals surface area contributed by atoms with Gasteiger partial charge < -0.3 is 14.5 Å². The Morgan fingerprint density at radius 1 is 0.968 bits per heavy atom. The third-order valence-electron chi connectivity index (χ3n) is 5.25. The second kappa shape index (κ2) is 9.34. The number of para-hydroxylation sites is 2. The number of amides is 1. The van der Waals surface area contributed by atoms with E-state index in [1.54, 1.807) is 17.7 Å². The van der Waals surface area contributed by atoms with Crippen LogP contribution in [0.3, 0.4) is 0 Å². The second-order valence-electron chi connectivity index (χ2n) is 7.28. The molecule has 0 radical (unpaired) electrons. The minimum atomic E-state index is -0.401. The summed E-state index contributed by atoms with van der Waals surface area (Å²) in [6.07, 6.45) is 0.824. The van der Waals surface area contributed by atoms with Crippen molar-refractivity contribution in [3.8, 4) is 5.75 Å². The molecule has 0 aliphatic carbocycles. The molecule has 6 nitrogen and oxygen atoms in total. The quantitative estimate of drug-likeness (QED) is 0.465. The van der Waals surface area contributed by atoms with Gasteiger partial charge in [0.15, 0.2) is 5.58 Å². The maximum atomic E-state index is 12.8. The van der Waals surface area contributed by atoms with Gasteiger partial charge in [-0.3, -0.25) is 9.36 Å². The van der Waals surface area contributed by atoms with Crippen molar-refractivity contribution in [2.24, 2.45) is 0 Å². The molecule has 6 heteroatoms. The first kappa shape index (κ1) is 20.5. The molecule has 0 unspecified atom stereocenters. The average Bonchev–Trinajstić information content (AvgIpc) is 3.13. The molecule has 0 fully saturated rings. The largest absolute Gasteiger partial charge is 0.497 e. The topological polar surface area (TPSA) is 73.5 Å². The molecule has 0 saturated heterocycles. The van der Waals surface area contributed by atoms with Crippen LogP contribution in [0.25, 0.3) is 11.1 Å². The van der Waals surface area contributed by atoms with Crippen molar-refractivity contribution >= 4 is 17.0 Å². The van der Waals surface area contributed by atoms with Gasteiger partial charge in [0.1, 0.15) is 5.75 Å². The highest BCUT2D eigenvalue weighted by molar-refractivity contribution is 5.77. The number of hydrogen-bond acceptors (Lipinski definition) is 4. The molecule has 4 rings (SSSR count). The number of ether oxygens (including phenoxy) is 1. The molecular weight excluding hydrogens is 392 g/mol. The zero-order valence-corrected chi connectivity index (χ0v) is 17.3. The molecule has 31 heavy (non-hydrogen) atoms. The first-order valence-corrected chi connectivity index (χ1v) is 10.2. The fraction of sp³-hybridized carbons (Fsp3) is 0.200. The summed E-state index contributed by atoms with van der Waals surface area (Å²) in [4.78, 5) is 24.9. The maximum Gasteiger partial charge on any atom is 0.419 e. The first-order valence-electron chi connectivity index (χ1n) is 10.2. The number of carbonyl (C=O) groups excluding carboxylic acids is 1. The summed E-state index contributed by atoms with van der Waals surface area (Å²) in [6.45, 7) is 0.418. The van der Waals surface area contributed by atoms with Crippen LogP contribution in [0, 0.1) is 0 Å². The Morgan fingerprint density at radius 2 is 1.65 bits per heavy atom. The van der Waals surface area contributed by atoms with Gasteiger partial charge in [-0.05, 0) is 41.8 Å². The smallest absolute Gasteiger partial charge is 0.419 e. The third-order valence-corrected chi connectivity index (χ3v) is 5.25. The van der Waals surface area contributed by atoms with Gasteiger partial charge in [0, 0.05) is 13.0 Å².